The quantitative estimate of drug-likeness (QED) is 0.347. The Morgan fingerprint density at radius 1 is 1.38 bits per heavy atom. The van der Waals surface area contributed by atoms with Gasteiger partial charge in [-0.1, -0.05) is 11.6 Å². The summed E-state index contributed by atoms with van der Waals surface area (Å²) in [6, 6.07) is 3.27. The first-order valence-electron chi connectivity index (χ1n) is 8.09. The predicted molar refractivity (Wildman–Crippen MR) is 93.1 cm³/mol. The van der Waals surface area contributed by atoms with Crippen molar-refractivity contribution in [3.8, 4) is 17.4 Å². The molecule has 0 N–H and O–H groups in total. The standard InChI is InChI=1S/C16H15ClF3N3O6/c1-3-27-12(24)6-7-28-11-8-9(4-5-10(11)23(25)26)29-15-13(17)14(16(18,19)20)22(2)21-15/h4-5,8H,3,6-7H2,1-2H3. The molecule has 13 heteroatoms. The zero-order valence-electron chi connectivity index (χ0n) is 15.2. The number of nitrogens with zero attached hydrogens (tertiary/aromatic N) is 3. The van der Waals surface area contributed by atoms with E-state index in [4.69, 9.17) is 25.8 Å². The monoisotopic (exact) mass is 437 g/mol. The number of benzene rings is 1. The minimum absolute atomic E-state index is 0.101. The fourth-order valence-corrected chi connectivity index (χ4v) is 2.57. The van der Waals surface area contributed by atoms with Crippen LogP contribution in [0.25, 0.3) is 0 Å². The van der Waals surface area contributed by atoms with E-state index in [1.807, 2.05) is 0 Å². The van der Waals surface area contributed by atoms with Gasteiger partial charge in [-0.2, -0.15) is 13.2 Å². The van der Waals surface area contributed by atoms with Gasteiger partial charge in [0.2, 0.25) is 5.75 Å². The smallest absolute Gasteiger partial charge is 0.434 e. The summed E-state index contributed by atoms with van der Waals surface area (Å²) < 4.78 is 54.7. The molecule has 1 heterocycles. The van der Waals surface area contributed by atoms with E-state index in [-0.39, 0.29) is 31.1 Å². The van der Waals surface area contributed by atoms with Crippen molar-refractivity contribution in [3.63, 3.8) is 0 Å². The summed E-state index contributed by atoms with van der Waals surface area (Å²) in [7, 11) is 1.04. The summed E-state index contributed by atoms with van der Waals surface area (Å²) in [6.45, 7) is 1.58. The Morgan fingerprint density at radius 3 is 2.62 bits per heavy atom. The van der Waals surface area contributed by atoms with E-state index in [2.05, 4.69) is 5.10 Å². The van der Waals surface area contributed by atoms with Crippen LogP contribution in [0, 0.1) is 10.1 Å². The maximum atomic E-state index is 13.0. The van der Waals surface area contributed by atoms with Crippen LogP contribution in [0.1, 0.15) is 19.0 Å². The van der Waals surface area contributed by atoms with Gasteiger partial charge in [0.25, 0.3) is 5.88 Å². The number of nitro groups is 1. The van der Waals surface area contributed by atoms with Crippen LogP contribution in [0.5, 0.6) is 17.4 Å². The van der Waals surface area contributed by atoms with Crippen molar-refractivity contribution in [2.75, 3.05) is 13.2 Å². The summed E-state index contributed by atoms with van der Waals surface area (Å²) in [5.74, 6) is -1.44. The third kappa shape index (κ3) is 5.50. The minimum atomic E-state index is -4.75. The van der Waals surface area contributed by atoms with E-state index in [0.717, 1.165) is 25.2 Å². The molecule has 0 fully saturated rings. The predicted octanol–water partition coefficient (Wildman–Crippen LogP) is 4.12. The molecule has 0 aliphatic heterocycles. The van der Waals surface area contributed by atoms with E-state index in [0.29, 0.717) is 4.68 Å². The first-order chi connectivity index (χ1) is 13.5. The molecule has 0 amide bonds. The molecule has 0 spiro atoms. The molecule has 1 aromatic carbocycles. The molecule has 9 nitrogen and oxygen atoms in total. The molecule has 2 aromatic rings. The fraction of sp³-hybridized carbons (Fsp3) is 0.375. The number of alkyl halides is 3. The molecule has 0 radical (unpaired) electrons. The molecule has 0 unspecified atom stereocenters. The molecule has 0 aliphatic carbocycles. The Labute approximate surface area is 167 Å². The third-order valence-electron chi connectivity index (χ3n) is 3.44. The van der Waals surface area contributed by atoms with Gasteiger partial charge in [-0.15, -0.1) is 5.10 Å². The average Bonchev–Trinajstić information content (AvgIpc) is 2.88. The van der Waals surface area contributed by atoms with Gasteiger partial charge >= 0.3 is 17.8 Å². The number of hydrogen-bond acceptors (Lipinski definition) is 7. The van der Waals surface area contributed by atoms with Crippen molar-refractivity contribution in [1.29, 1.82) is 0 Å². The second-order valence-electron chi connectivity index (χ2n) is 5.48. The maximum Gasteiger partial charge on any atom is 0.434 e. The first kappa shape index (κ1) is 22.3. The van der Waals surface area contributed by atoms with E-state index in [9.17, 15) is 28.1 Å². The number of esters is 1. The summed E-state index contributed by atoms with van der Waals surface area (Å²) in [6.07, 6.45) is -4.91. The van der Waals surface area contributed by atoms with E-state index < -0.39 is 39.4 Å². The van der Waals surface area contributed by atoms with Crippen LogP contribution < -0.4 is 9.47 Å². The number of rotatable bonds is 8. The van der Waals surface area contributed by atoms with Gasteiger partial charge in [0.1, 0.15) is 10.8 Å². The van der Waals surface area contributed by atoms with Crippen LogP contribution in [0.15, 0.2) is 18.2 Å². The Morgan fingerprint density at radius 2 is 2.07 bits per heavy atom. The molecule has 0 saturated carbocycles. The topological polar surface area (TPSA) is 106 Å². The van der Waals surface area contributed by atoms with Gasteiger partial charge in [-0.05, 0) is 13.0 Å². The summed E-state index contributed by atoms with van der Waals surface area (Å²) >= 11 is 5.71. The van der Waals surface area contributed by atoms with Crippen molar-refractivity contribution in [1.82, 2.24) is 9.78 Å². The Kier molecular flexibility index (Phi) is 6.90. The summed E-state index contributed by atoms with van der Waals surface area (Å²) in [4.78, 5) is 21.7. The van der Waals surface area contributed by atoms with Crippen molar-refractivity contribution >= 4 is 23.3 Å². The highest BCUT2D eigenvalue weighted by atomic mass is 35.5. The van der Waals surface area contributed by atoms with Gasteiger partial charge in [-0.25, -0.2) is 0 Å². The van der Waals surface area contributed by atoms with Crippen LogP contribution in [0.4, 0.5) is 18.9 Å². The lowest BCUT2D eigenvalue weighted by atomic mass is 10.3. The number of aryl methyl sites for hydroxylation is 1. The highest BCUT2D eigenvalue weighted by Gasteiger charge is 2.39. The Bertz CT molecular complexity index is 916. The molecule has 0 aliphatic rings. The summed E-state index contributed by atoms with van der Waals surface area (Å²) in [5.41, 5.74) is -1.63. The van der Waals surface area contributed by atoms with Gasteiger partial charge in [-0.3, -0.25) is 19.6 Å². The SMILES string of the molecule is CCOC(=O)CCOc1cc(Oc2nn(C)c(C(F)(F)F)c2Cl)ccc1[N+](=O)[O-]. The van der Waals surface area contributed by atoms with Crippen LogP contribution in [-0.4, -0.2) is 33.9 Å². The van der Waals surface area contributed by atoms with Crippen molar-refractivity contribution in [2.45, 2.75) is 19.5 Å². The number of nitro benzene ring substituents is 1. The van der Waals surface area contributed by atoms with Crippen LogP contribution in [0.3, 0.4) is 0 Å². The van der Waals surface area contributed by atoms with Crippen LogP contribution >= 0.6 is 11.6 Å². The molecule has 29 heavy (non-hydrogen) atoms. The van der Waals surface area contributed by atoms with E-state index in [1.165, 1.54) is 0 Å². The molecule has 1 aromatic heterocycles. The second-order valence-corrected chi connectivity index (χ2v) is 5.86. The zero-order chi connectivity index (χ0) is 21.8. The Hall–Kier alpha value is -3.02. The lowest BCUT2D eigenvalue weighted by Gasteiger charge is -2.09. The molecule has 158 valence electrons. The van der Waals surface area contributed by atoms with Gasteiger partial charge in [0.15, 0.2) is 5.69 Å². The van der Waals surface area contributed by atoms with Gasteiger partial charge in [0.05, 0.1) is 24.6 Å². The maximum absolute atomic E-state index is 13.0. The molecule has 0 atom stereocenters. The van der Waals surface area contributed by atoms with Gasteiger partial charge < -0.3 is 14.2 Å². The number of carbonyl (C=O) groups is 1. The summed E-state index contributed by atoms with van der Waals surface area (Å²) in [5, 5.41) is 13.9. The average molecular weight is 438 g/mol. The number of halogens is 4. The van der Waals surface area contributed by atoms with Gasteiger partial charge in [0, 0.05) is 19.2 Å². The fourth-order valence-electron chi connectivity index (χ4n) is 2.26. The van der Waals surface area contributed by atoms with E-state index in [1.54, 1.807) is 6.92 Å². The van der Waals surface area contributed by atoms with Crippen LogP contribution in [-0.2, 0) is 22.8 Å². The highest BCUT2D eigenvalue weighted by Crippen LogP contribution is 2.41. The van der Waals surface area contributed by atoms with Crippen molar-refractivity contribution in [3.05, 3.63) is 39.0 Å². The number of aromatic nitrogens is 2. The number of hydrogen-bond donors (Lipinski definition) is 0. The largest absolute Gasteiger partial charge is 0.486 e. The normalized spacial score (nSPS) is 11.2. The lowest BCUT2D eigenvalue weighted by Crippen LogP contribution is -2.12. The van der Waals surface area contributed by atoms with Crippen molar-refractivity contribution in [2.24, 2.45) is 7.05 Å². The molecular formula is C16H15ClF3N3O6. The molecule has 0 bridgehead atoms. The molecular weight excluding hydrogens is 423 g/mol. The van der Waals surface area contributed by atoms with Crippen LogP contribution in [0.2, 0.25) is 5.02 Å². The van der Waals surface area contributed by atoms with Crippen molar-refractivity contribution < 1.29 is 37.1 Å². The third-order valence-corrected chi connectivity index (χ3v) is 3.78. The molecule has 2 rings (SSSR count). The number of carbonyl (C=O) groups excluding carboxylic acids is 1. The zero-order valence-corrected chi connectivity index (χ0v) is 15.9. The number of ether oxygens (including phenoxy) is 3. The lowest BCUT2D eigenvalue weighted by molar-refractivity contribution is -0.385. The highest BCUT2D eigenvalue weighted by molar-refractivity contribution is 6.32. The minimum Gasteiger partial charge on any atom is -0.486 e. The molecule has 0 saturated heterocycles. The second kappa shape index (κ2) is 8.99. The first-order valence-corrected chi connectivity index (χ1v) is 8.46. The van der Waals surface area contributed by atoms with E-state index >= 15 is 0 Å². The Balaban J connectivity index is 2.24.